The smallest absolute Gasteiger partial charge is 0.159 e. The van der Waals surface area contributed by atoms with Crippen molar-refractivity contribution >= 4 is 15.9 Å². The number of hydrogen-bond acceptors (Lipinski definition) is 4. The summed E-state index contributed by atoms with van der Waals surface area (Å²) in [4.78, 5) is 4.17. The van der Waals surface area contributed by atoms with Gasteiger partial charge >= 0.3 is 0 Å². The average Bonchev–Trinajstić information content (AvgIpc) is 2.81. The van der Waals surface area contributed by atoms with Crippen molar-refractivity contribution in [3.63, 3.8) is 0 Å². The molecule has 5 heteroatoms. The number of rotatable bonds is 5. The molecule has 1 unspecified atom stereocenters. The number of hydrogen-bond donors (Lipinski definition) is 1. The number of nitrogens with one attached hydrogen (secondary N) is 1. The van der Waals surface area contributed by atoms with Gasteiger partial charge in [-0.3, -0.25) is 4.98 Å². The van der Waals surface area contributed by atoms with Crippen LogP contribution in [0.3, 0.4) is 0 Å². The fraction of sp³-hybridized carbons (Fsp3) is 0.583. The first-order valence-corrected chi connectivity index (χ1v) is 6.57. The lowest BCUT2D eigenvalue weighted by Crippen LogP contribution is -2.32. The van der Waals surface area contributed by atoms with E-state index in [0.717, 1.165) is 17.3 Å². The lowest BCUT2D eigenvalue weighted by atomic mass is 10.0. The van der Waals surface area contributed by atoms with Crippen molar-refractivity contribution < 1.29 is 9.47 Å². The molecule has 2 rings (SSSR count). The van der Waals surface area contributed by atoms with E-state index in [9.17, 15) is 0 Å². The second-order valence-corrected chi connectivity index (χ2v) is 5.02. The fourth-order valence-corrected chi connectivity index (χ4v) is 2.34. The largest absolute Gasteiger partial charge is 0.350 e. The molecule has 1 fully saturated rings. The number of likely N-dealkylation sites (N-methyl/N-ethyl adjacent to an activating group) is 1. The Balaban J connectivity index is 1.90. The summed E-state index contributed by atoms with van der Waals surface area (Å²) < 4.78 is 11.9. The van der Waals surface area contributed by atoms with Crippen LogP contribution in [0.5, 0.6) is 0 Å². The Bertz CT molecular complexity index is 356. The van der Waals surface area contributed by atoms with Gasteiger partial charge in [-0.05, 0) is 41.0 Å². The first kappa shape index (κ1) is 13.0. The Labute approximate surface area is 110 Å². The number of nitrogens with zero attached hydrogens (tertiary/aromatic N) is 1. The molecule has 0 radical (unpaired) electrons. The van der Waals surface area contributed by atoms with Crippen LogP contribution in [-0.4, -0.2) is 37.6 Å². The monoisotopic (exact) mass is 300 g/mol. The Morgan fingerprint density at radius 3 is 2.88 bits per heavy atom. The molecule has 0 aromatic carbocycles. The zero-order valence-electron chi connectivity index (χ0n) is 9.86. The molecule has 1 aliphatic heterocycles. The van der Waals surface area contributed by atoms with E-state index in [1.165, 1.54) is 5.56 Å². The molecule has 4 nitrogen and oxygen atoms in total. The minimum atomic E-state index is -0.0624. The van der Waals surface area contributed by atoms with Gasteiger partial charge in [-0.2, -0.15) is 0 Å². The number of aromatic nitrogens is 1. The third-order valence-electron chi connectivity index (χ3n) is 2.82. The fourth-order valence-electron chi connectivity index (χ4n) is 1.93. The van der Waals surface area contributed by atoms with Crippen LogP contribution < -0.4 is 5.32 Å². The molecule has 0 amide bonds. The van der Waals surface area contributed by atoms with Gasteiger partial charge in [-0.25, -0.2) is 0 Å². The maximum atomic E-state index is 5.46. The second-order valence-electron chi connectivity index (χ2n) is 4.11. The molecule has 94 valence electrons. The highest BCUT2D eigenvalue weighted by atomic mass is 79.9. The summed E-state index contributed by atoms with van der Waals surface area (Å²) in [5.74, 6) is 0. The highest BCUT2D eigenvalue weighted by Gasteiger charge is 2.20. The number of halogens is 1. The highest BCUT2D eigenvalue weighted by molar-refractivity contribution is 9.10. The summed E-state index contributed by atoms with van der Waals surface area (Å²) >= 11 is 3.43. The van der Waals surface area contributed by atoms with Crippen molar-refractivity contribution in [3.05, 3.63) is 28.5 Å². The maximum absolute atomic E-state index is 5.46. The van der Waals surface area contributed by atoms with E-state index in [-0.39, 0.29) is 6.29 Å². The quantitative estimate of drug-likeness (QED) is 0.899. The Morgan fingerprint density at radius 1 is 1.47 bits per heavy atom. The number of pyridine rings is 1. The number of ether oxygens (including phenoxy) is 2. The van der Waals surface area contributed by atoms with Crippen LogP contribution >= 0.6 is 15.9 Å². The van der Waals surface area contributed by atoms with Gasteiger partial charge in [0.15, 0.2) is 6.29 Å². The van der Waals surface area contributed by atoms with E-state index in [2.05, 4.69) is 32.3 Å². The summed E-state index contributed by atoms with van der Waals surface area (Å²) in [6, 6.07) is 2.43. The molecule has 0 aliphatic carbocycles. The average molecular weight is 301 g/mol. The third kappa shape index (κ3) is 4.03. The Hall–Kier alpha value is -0.490. The third-order valence-corrected chi connectivity index (χ3v) is 3.25. The van der Waals surface area contributed by atoms with Gasteiger partial charge in [0.2, 0.25) is 0 Å². The van der Waals surface area contributed by atoms with E-state index < -0.39 is 0 Å². The topological polar surface area (TPSA) is 43.4 Å². The molecular weight excluding hydrogens is 284 g/mol. The van der Waals surface area contributed by atoms with Crippen molar-refractivity contribution in [3.8, 4) is 0 Å². The molecule has 0 spiro atoms. The molecule has 0 bridgehead atoms. The van der Waals surface area contributed by atoms with Crippen molar-refractivity contribution in [2.45, 2.75) is 25.2 Å². The Morgan fingerprint density at radius 2 is 2.24 bits per heavy atom. The predicted molar refractivity (Wildman–Crippen MR) is 68.8 cm³/mol. The van der Waals surface area contributed by atoms with Crippen LogP contribution in [0.15, 0.2) is 22.9 Å². The van der Waals surface area contributed by atoms with Crippen molar-refractivity contribution in [1.82, 2.24) is 10.3 Å². The minimum absolute atomic E-state index is 0.0624. The van der Waals surface area contributed by atoms with Crippen LogP contribution in [0.4, 0.5) is 0 Å². The standard InChI is InChI=1S/C12H17BrN2O2/c1-14-11(6-12-16-2-3-17-12)5-9-4-10(13)8-15-7-9/h4,7-8,11-12,14H,2-3,5-6H2,1H3. The predicted octanol–water partition coefficient (Wildman–Crippen LogP) is 1.74. The Kier molecular flexibility index (Phi) is 4.91. The van der Waals surface area contributed by atoms with Crippen LogP contribution in [0.1, 0.15) is 12.0 Å². The highest BCUT2D eigenvalue weighted by Crippen LogP contribution is 2.15. The molecule has 17 heavy (non-hydrogen) atoms. The molecule has 1 aromatic heterocycles. The first-order chi connectivity index (χ1) is 8.28. The van der Waals surface area contributed by atoms with Gasteiger partial charge in [0.05, 0.1) is 13.2 Å². The summed E-state index contributed by atoms with van der Waals surface area (Å²) in [5.41, 5.74) is 1.21. The zero-order chi connectivity index (χ0) is 12.1. The van der Waals surface area contributed by atoms with Crippen LogP contribution in [0.2, 0.25) is 0 Å². The molecular formula is C12H17BrN2O2. The lowest BCUT2D eigenvalue weighted by molar-refractivity contribution is -0.0522. The molecule has 0 saturated carbocycles. The van der Waals surface area contributed by atoms with Gasteiger partial charge in [-0.15, -0.1) is 0 Å². The first-order valence-electron chi connectivity index (χ1n) is 5.78. The molecule has 1 atom stereocenters. The molecule has 2 heterocycles. The zero-order valence-corrected chi connectivity index (χ0v) is 11.4. The second kappa shape index (κ2) is 6.44. The van der Waals surface area contributed by atoms with E-state index in [1.807, 2.05) is 13.2 Å². The van der Waals surface area contributed by atoms with E-state index in [4.69, 9.17) is 9.47 Å². The van der Waals surface area contributed by atoms with Crippen molar-refractivity contribution in [2.24, 2.45) is 0 Å². The van der Waals surface area contributed by atoms with E-state index in [0.29, 0.717) is 19.3 Å². The van der Waals surface area contributed by atoms with Gasteiger partial charge in [-0.1, -0.05) is 0 Å². The van der Waals surface area contributed by atoms with Crippen LogP contribution in [0, 0.1) is 0 Å². The molecule has 1 aliphatic rings. The summed E-state index contributed by atoms with van der Waals surface area (Å²) in [5, 5.41) is 3.29. The van der Waals surface area contributed by atoms with Crippen molar-refractivity contribution in [2.75, 3.05) is 20.3 Å². The normalized spacial score (nSPS) is 18.5. The van der Waals surface area contributed by atoms with Gasteiger partial charge in [0, 0.05) is 29.3 Å². The molecule has 1 aromatic rings. The van der Waals surface area contributed by atoms with E-state index in [1.54, 1.807) is 6.20 Å². The van der Waals surface area contributed by atoms with Gasteiger partial charge < -0.3 is 14.8 Å². The van der Waals surface area contributed by atoms with Crippen LogP contribution in [0.25, 0.3) is 0 Å². The maximum Gasteiger partial charge on any atom is 0.159 e. The summed E-state index contributed by atoms with van der Waals surface area (Å²) in [6.07, 6.45) is 5.41. The van der Waals surface area contributed by atoms with Gasteiger partial charge in [0.25, 0.3) is 0 Å². The SMILES string of the molecule is CNC(Cc1cncc(Br)c1)CC1OCCO1. The van der Waals surface area contributed by atoms with E-state index >= 15 is 0 Å². The molecule has 1 N–H and O–H groups in total. The van der Waals surface area contributed by atoms with Crippen molar-refractivity contribution in [1.29, 1.82) is 0 Å². The van der Waals surface area contributed by atoms with Gasteiger partial charge in [0.1, 0.15) is 0 Å². The molecule has 1 saturated heterocycles. The summed E-state index contributed by atoms with van der Waals surface area (Å²) in [7, 11) is 1.96. The minimum Gasteiger partial charge on any atom is -0.350 e. The van der Waals surface area contributed by atoms with Crippen LogP contribution in [-0.2, 0) is 15.9 Å². The lowest BCUT2D eigenvalue weighted by Gasteiger charge is -2.19. The summed E-state index contributed by atoms with van der Waals surface area (Å²) in [6.45, 7) is 1.42.